The summed E-state index contributed by atoms with van der Waals surface area (Å²) in [5, 5.41) is 3.71. The monoisotopic (exact) mass is 196 g/mol. The van der Waals surface area contributed by atoms with E-state index in [1.165, 1.54) is 45.3 Å². The smallest absolute Gasteiger partial charge is 0.00722 e. The number of hydrogen-bond donors (Lipinski definition) is 1. The van der Waals surface area contributed by atoms with Gasteiger partial charge in [-0.2, -0.15) is 0 Å². The van der Waals surface area contributed by atoms with Gasteiger partial charge in [-0.3, -0.25) is 0 Å². The third kappa shape index (κ3) is 2.71. The van der Waals surface area contributed by atoms with Crippen molar-refractivity contribution in [3.05, 3.63) is 0 Å². The van der Waals surface area contributed by atoms with Gasteiger partial charge in [-0.1, -0.05) is 6.92 Å². The quantitative estimate of drug-likeness (QED) is 0.739. The highest BCUT2D eigenvalue weighted by Crippen LogP contribution is 2.26. The molecule has 1 atom stereocenters. The average molecular weight is 196 g/mol. The second-order valence-corrected chi connectivity index (χ2v) is 5.45. The highest BCUT2D eigenvalue weighted by atomic mass is 15.1. The second kappa shape index (κ2) is 4.63. The van der Waals surface area contributed by atoms with Crippen molar-refractivity contribution in [1.29, 1.82) is 0 Å². The van der Waals surface area contributed by atoms with Crippen molar-refractivity contribution < 1.29 is 0 Å². The lowest BCUT2D eigenvalue weighted by molar-refractivity contribution is 0.180. The highest BCUT2D eigenvalue weighted by molar-refractivity contribution is 4.83. The Kier molecular flexibility index (Phi) is 3.45. The Balaban J connectivity index is 1.60. The first-order chi connectivity index (χ1) is 6.74. The van der Waals surface area contributed by atoms with E-state index >= 15 is 0 Å². The summed E-state index contributed by atoms with van der Waals surface area (Å²) in [6.45, 7) is 6.21. The van der Waals surface area contributed by atoms with Crippen molar-refractivity contribution in [3.8, 4) is 0 Å². The van der Waals surface area contributed by atoms with Crippen molar-refractivity contribution in [2.45, 2.75) is 38.6 Å². The maximum absolute atomic E-state index is 3.71. The molecule has 0 aromatic rings. The van der Waals surface area contributed by atoms with Gasteiger partial charge in [0.15, 0.2) is 0 Å². The van der Waals surface area contributed by atoms with E-state index in [1.54, 1.807) is 0 Å². The minimum atomic E-state index is 0.845. The standard InChI is InChI=1S/C12H24N2/c1-10-6-12(7-10)13-8-11-4-3-5-14(2)9-11/h10-13H,3-9H2,1-2H3. The maximum atomic E-state index is 3.71. The molecule has 82 valence electrons. The molecule has 1 N–H and O–H groups in total. The number of rotatable bonds is 3. The lowest BCUT2D eigenvalue weighted by atomic mass is 9.81. The van der Waals surface area contributed by atoms with Crippen molar-refractivity contribution in [3.63, 3.8) is 0 Å². The minimum absolute atomic E-state index is 0.845. The SMILES string of the molecule is CC1CC(NCC2CCCN(C)C2)C1. The van der Waals surface area contributed by atoms with E-state index in [2.05, 4.69) is 24.2 Å². The minimum Gasteiger partial charge on any atom is -0.314 e. The zero-order chi connectivity index (χ0) is 9.97. The van der Waals surface area contributed by atoms with Crippen molar-refractivity contribution in [1.82, 2.24) is 10.2 Å². The molecule has 2 heteroatoms. The number of hydrogen-bond acceptors (Lipinski definition) is 2. The molecule has 1 saturated carbocycles. The van der Waals surface area contributed by atoms with Crippen LogP contribution in [-0.4, -0.2) is 37.6 Å². The van der Waals surface area contributed by atoms with Crippen LogP contribution in [0.1, 0.15) is 32.6 Å². The summed E-state index contributed by atoms with van der Waals surface area (Å²) in [7, 11) is 2.25. The van der Waals surface area contributed by atoms with Crippen LogP contribution in [0.2, 0.25) is 0 Å². The predicted octanol–water partition coefficient (Wildman–Crippen LogP) is 1.72. The van der Waals surface area contributed by atoms with Gasteiger partial charge in [-0.25, -0.2) is 0 Å². The van der Waals surface area contributed by atoms with Crippen LogP contribution in [0.25, 0.3) is 0 Å². The molecule has 0 amide bonds. The van der Waals surface area contributed by atoms with Gasteiger partial charge in [0.2, 0.25) is 0 Å². The van der Waals surface area contributed by atoms with E-state index in [4.69, 9.17) is 0 Å². The Bertz CT molecular complexity index is 175. The molecule has 2 fully saturated rings. The van der Waals surface area contributed by atoms with E-state index < -0.39 is 0 Å². The normalized spacial score (nSPS) is 39.4. The van der Waals surface area contributed by atoms with Crippen molar-refractivity contribution in [2.24, 2.45) is 11.8 Å². The van der Waals surface area contributed by atoms with E-state index in [-0.39, 0.29) is 0 Å². The molecule has 0 aromatic carbocycles. The first kappa shape index (κ1) is 10.4. The number of nitrogens with one attached hydrogen (secondary N) is 1. The van der Waals surface area contributed by atoms with Gasteiger partial charge in [0.1, 0.15) is 0 Å². The lowest BCUT2D eigenvalue weighted by Crippen LogP contribution is -2.45. The van der Waals surface area contributed by atoms with Gasteiger partial charge < -0.3 is 10.2 Å². The maximum Gasteiger partial charge on any atom is 0.00722 e. The van der Waals surface area contributed by atoms with Crippen LogP contribution in [-0.2, 0) is 0 Å². The predicted molar refractivity (Wildman–Crippen MR) is 60.4 cm³/mol. The van der Waals surface area contributed by atoms with E-state index in [1.807, 2.05) is 0 Å². The van der Waals surface area contributed by atoms with Gasteiger partial charge >= 0.3 is 0 Å². The summed E-state index contributed by atoms with van der Waals surface area (Å²) in [6.07, 6.45) is 5.63. The van der Waals surface area contributed by atoms with Crippen molar-refractivity contribution in [2.75, 3.05) is 26.7 Å². The first-order valence-corrected chi connectivity index (χ1v) is 6.16. The molecule has 2 rings (SSSR count). The first-order valence-electron chi connectivity index (χ1n) is 6.16. The summed E-state index contributed by atoms with van der Waals surface area (Å²) < 4.78 is 0. The molecule has 1 unspecified atom stereocenters. The van der Waals surface area contributed by atoms with E-state index in [9.17, 15) is 0 Å². The zero-order valence-electron chi connectivity index (χ0n) is 9.63. The Morgan fingerprint density at radius 3 is 2.79 bits per heavy atom. The topological polar surface area (TPSA) is 15.3 Å². The fourth-order valence-electron chi connectivity index (χ4n) is 2.84. The fraction of sp³-hybridized carbons (Fsp3) is 1.00. The summed E-state index contributed by atoms with van der Waals surface area (Å²) in [5.41, 5.74) is 0. The second-order valence-electron chi connectivity index (χ2n) is 5.45. The summed E-state index contributed by atoms with van der Waals surface area (Å²) in [5.74, 6) is 1.88. The zero-order valence-corrected chi connectivity index (χ0v) is 9.63. The van der Waals surface area contributed by atoms with E-state index in [0.29, 0.717) is 0 Å². The summed E-state index contributed by atoms with van der Waals surface area (Å²) >= 11 is 0. The molecule has 1 heterocycles. The molecule has 1 saturated heterocycles. The van der Waals surface area contributed by atoms with Crippen LogP contribution in [0.4, 0.5) is 0 Å². The molecular weight excluding hydrogens is 172 g/mol. The van der Waals surface area contributed by atoms with Gasteiger partial charge in [0, 0.05) is 12.6 Å². The summed E-state index contributed by atoms with van der Waals surface area (Å²) in [4.78, 5) is 2.47. The van der Waals surface area contributed by atoms with Gasteiger partial charge in [0.25, 0.3) is 0 Å². The van der Waals surface area contributed by atoms with Crippen LogP contribution in [0, 0.1) is 11.8 Å². The average Bonchev–Trinajstić information content (AvgIpc) is 2.11. The third-order valence-corrected chi connectivity index (χ3v) is 3.79. The fourth-order valence-corrected chi connectivity index (χ4v) is 2.84. The number of nitrogens with zero attached hydrogens (tertiary/aromatic N) is 1. The number of piperidine rings is 1. The molecule has 2 aliphatic rings. The Morgan fingerprint density at radius 1 is 1.36 bits per heavy atom. The van der Waals surface area contributed by atoms with Crippen LogP contribution in [0.3, 0.4) is 0 Å². The Labute approximate surface area is 88.1 Å². The van der Waals surface area contributed by atoms with Crippen LogP contribution < -0.4 is 5.32 Å². The summed E-state index contributed by atoms with van der Waals surface area (Å²) in [6, 6.07) is 0.845. The Morgan fingerprint density at radius 2 is 2.14 bits per heavy atom. The number of likely N-dealkylation sites (tertiary alicyclic amines) is 1. The van der Waals surface area contributed by atoms with Gasteiger partial charge in [-0.05, 0) is 57.7 Å². The van der Waals surface area contributed by atoms with Crippen LogP contribution in [0.15, 0.2) is 0 Å². The molecule has 0 bridgehead atoms. The van der Waals surface area contributed by atoms with Gasteiger partial charge in [0.05, 0.1) is 0 Å². The van der Waals surface area contributed by atoms with Crippen LogP contribution in [0.5, 0.6) is 0 Å². The third-order valence-electron chi connectivity index (χ3n) is 3.79. The van der Waals surface area contributed by atoms with E-state index in [0.717, 1.165) is 17.9 Å². The molecule has 1 aliphatic heterocycles. The molecule has 2 nitrogen and oxygen atoms in total. The molecule has 0 radical (unpaired) electrons. The lowest BCUT2D eigenvalue weighted by Gasteiger charge is -2.36. The largest absolute Gasteiger partial charge is 0.314 e. The van der Waals surface area contributed by atoms with Gasteiger partial charge in [-0.15, -0.1) is 0 Å². The molecule has 14 heavy (non-hydrogen) atoms. The Hall–Kier alpha value is -0.0800. The molecular formula is C12H24N2. The molecule has 0 spiro atoms. The van der Waals surface area contributed by atoms with Crippen LogP contribution >= 0.6 is 0 Å². The molecule has 0 aromatic heterocycles. The molecule has 1 aliphatic carbocycles. The van der Waals surface area contributed by atoms with Crippen molar-refractivity contribution >= 4 is 0 Å². The highest BCUT2D eigenvalue weighted by Gasteiger charge is 2.26.